The summed E-state index contributed by atoms with van der Waals surface area (Å²) in [7, 11) is -2.46. The van der Waals surface area contributed by atoms with Gasteiger partial charge in [0, 0.05) is 18.6 Å². The van der Waals surface area contributed by atoms with Crippen molar-refractivity contribution in [2.45, 2.75) is 89.9 Å². The molecule has 68 heavy (non-hydrogen) atoms. The Kier molecular flexibility index (Phi) is 24.1. The van der Waals surface area contributed by atoms with Crippen molar-refractivity contribution >= 4 is 89.1 Å². The van der Waals surface area contributed by atoms with Gasteiger partial charge in [-0.05, 0) is 63.4 Å². The number of carboxylic acid groups (broad SMARTS) is 1. The summed E-state index contributed by atoms with van der Waals surface area (Å²) in [4.78, 5) is 64.4. The van der Waals surface area contributed by atoms with Crippen molar-refractivity contribution in [1.82, 2.24) is 20.0 Å². The molecule has 1 saturated heterocycles. The first-order chi connectivity index (χ1) is 31.6. The fraction of sp³-hybridized carbons (Fsp3) is 0.477. The summed E-state index contributed by atoms with van der Waals surface area (Å²) in [6, 6.07) is 12.6. The number of methoxy groups -OCH3 is 1. The van der Waals surface area contributed by atoms with Crippen molar-refractivity contribution in [2.24, 2.45) is 0 Å². The molecule has 24 heteroatoms. The number of aliphatic carboxylic acids is 1. The highest BCUT2D eigenvalue weighted by atomic mass is 35.5. The number of carboxylic acids is 1. The topological polar surface area (TPSA) is 236 Å². The van der Waals surface area contributed by atoms with Crippen LogP contribution in [0.4, 0.5) is 5.69 Å². The van der Waals surface area contributed by atoms with Crippen molar-refractivity contribution in [3.05, 3.63) is 92.1 Å². The number of hydrogen-bond acceptors (Lipinski definition) is 12. The summed E-state index contributed by atoms with van der Waals surface area (Å²) in [5, 5.41) is 14.8. The van der Waals surface area contributed by atoms with Crippen LogP contribution in [-0.4, -0.2) is 110 Å². The fourth-order valence-electron chi connectivity index (χ4n) is 6.20. The highest BCUT2D eigenvalue weighted by Gasteiger charge is 2.45. The second-order valence-corrected chi connectivity index (χ2v) is 20.0. The van der Waals surface area contributed by atoms with Crippen molar-refractivity contribution in [3.63, 3.8) is 0 Å². The standard InChI is InChI=1S/C15H14Cl2N2O3.C15H22ClNO2.C11H13Cl2NO3.C3H8NO5P/c1-5-6-21-12-8-11(9(16)7-10(12)17)19-14(20)22-13(18-19)15(2,3)4;1-5-13-8-6-7-11(2)15(13)17(14(18)9-16)12(3)10-19-4;1-11(2)14(10(15)9(12)13)6-8(17-11)7-4-3-5-16-7;5-3(6)1-4-2-10(7,8)9/h1,7-8H,6H2,2-4H3;6-8,12H,5,9-10H2,1-4H3;3-5,8-9H,6H2,1-2H3;4H,1-2H2,(H,5,6)(H2,7,8,9). The third kappa shape index (κ3) is 18.3. The van der Waals surface area contributed by atoms with Crippen molar-refractivity contribution in [2.75, 3.05) is 50.5 Å². The number of amides is 2. The molecule has 4 aromatic rings. The van der Waals surface area contributed by atoms with Gasteiger partial charge in [-0.15, -0.1) is 23.1 Å². The van der Waals surface area contributed by atoms with Gasteiger partial charge in [0.1, 0.15) is 35.8 Å². The number of nitrogens with one attached hydrogen (secondary N) is 1. The minimum Gasteiger partial charge on any atom is -0.480 e. The molecule has 1 aliphatic rings. The Morgan fingerprint density at radius 2 is 1.79 bits per heavy atom. The van der Waals surface area contributed by atoms with E-state index in [-0.39, 0.29) is 46.5 Å². The fourth-order valence-corrected chi connectivity index (χ4v) is 7.49. The van der Waals surface area contributed by atoms with Crippen LogP contribution >= 0.6 is 65.6 Å². The van der Waals surface area contributed by atoms with Crippen LogP contribution in [0.5, 0.6) is 5.75 Å². The molecule has 2 unspecified atom stereocenters. The average Bonchev–Trinajstić information content (AvgIpc) is 4.00. The Labute approximate surface area is 420 Å². The number of carbonyl (C=O) groups excluding carboxylic acids is 2. The lowest BCUT2D eigenvalue weighted by atomic mass is 9.97. The van der Waals surface area contributed by atoms with Crippen LogP contribution in [-0.2, 0) is 40.3 Å². The van der Waals surface area contributed by atoms with Crippen LogP contribution in [0.3, 0.4) is 0 Å². The predicted octanol–water partition coefficient (Wildman–Crippen LogP) is 8.12. The molecule has 376 valence electrons. The van der Waals surface area contributed by atoms with Gasteiger partial charge in [0.15, 0.2) is 4.84 Å². The number of anilines is 1. The summed E-state index contributed by atoms with van der Waals surface area (Å²) in [6.07, 6.45) is 6.72. The maximum atomic E-state index is 12.2. The lowest BCUT2D eigenvalue weighted by molar-refractivity contribution is -0.144. The van der Waals surface area contributed by atoms with E-state index < -0.39 is 48.1 Å². The van der Waals surface area contributed by atoms with Crippen molar-refractivity contribution in [1.29, 1.82) is 0 Å². The van der Waals surface area contributed by atoms with Gasteiger partial charge in [-0.1, -0.05) is 98.2 Å². The molecule has 3 heterocycles. The van der Waals surface area contributed by atoms with E-state index in [1.807, 2.05) is 52.8 Å². The minimum atomic E-state index is -4.10. The molecule has 1 aliphatic heterocycles. The summed E-state index contributed by atoms with van der Waals surface area (Å²) in [5.74, 6) is 1.39. The molecule has 1 fully saturated rings. The van der Waals surface area contributed by atoms with E-state index in [1.165, 1.54) is 17.0 Å². The number of hydrogen-bond donors (Lipinski definition) is 4. The quantitative estimate of drug-likeness (QED) is 0.0500. The molecule has 0 radical (unpaired) electrons. The molecule has 2 atom stereocenters. The number of ether oxygens (including phenoxy) is 3. The number of aromatic nitrogens is 2. The molecule has 0 aliphatic carbocycles. The van der Waals surface area contributed by atoms with E-state index in [2.05, 4.69) is 29.3 Å². The van der Waals surface area contributed by atoms with Crippen LogP contribution in [0.2, 0.25) is 10.0 Å². The van der Waals surface area contributed by atoms with E-state index in [1.54, 1.807) is 38.2 Å². The van der Waals surface area contributed by atoms with Crippen LogP contribution in [0, 0.1) is 19.3 Å². The number of alkyl halides is 3. The predicted molar refractivity (Wildman–Crippen MR) is 262 cm³/mol. The summed E-state index contributed by atoms with van der Waals surface area (Å²) in [6.45, 7) is 15.8. The Morgan fingerprint density at radius 3 is 2.29 bits per heavy atom. The van der Waals surface area contributed by atoms with E-state index in [0.717, 1.165) is 27.9 Å². The smallest absolute Gasteiger partial charge is 0.442 e. The number of para-hydroxylation sites is 1. The van der Waals surface area contributed by atoms with E-state index in [4.69, 9.17) is 102 Å². The molecule has 4 N–H and O–H groups in total. The molecule has 0 saturated carbocycles. The Balaban J connectivity index is 0.000000321. The van der Waals surface area contributed by atoms with E-state index in [0.29, 0.717) is 36.2 Å². The van der Waals surface area contributed by atoms with Gasteiger partial charge >= 0.3 is 19.3 Å². The Morgan fingerprint density at radius 1 is 1.13 bits per heavy atom. The first-order valence-electron chi connectivity index (χ1n) is 20.5. The van der Waals surface area contributed by atoms with Gasteiger partial charge in [0.25, 0.3) is 5.91 Å². The Hall–Kier alpha value is -4.09. The lowest BCUT2D eigenvalue weighted by Crippen LogP contribution is -2.45. The summed E-state index contributed by atoms with van der Waals surface area (Å²) < 4.78 is 37.8. The third-order valence-corrected chi connectivity index (χ3v) is 11.1. The number of nitrogens with zero attached hydrogens (tertiary/aromatic N) is 4. The molecule has 2 aromatic carbocycles. The highest BCUT2D eigenvalue weighted by Crippen LogP contribution is 2.37. The normalized spacial score (nSPS) is 14.6. The van der Waals surface area contributed by atoms with Gasteiger partial charge in [-0.25, -0.2) is 4.79 Å². The monoisotopic (exact) mass is 1070 g/mol. The number of terminal acetylenes is 1. The zero-order valence-electron chi connectivity index (χ0n) is 38.9. The molecule has 0 bridgehead atoms. The van der Waals surface area contributed by atoms with Crippen LogP contribution < -0.4 is 20.7 Å². The number of halogens is 5. The van der Waals surface area contributed by atoms with Crippen LogP contribution in [0.15, 0.2) is 62.4 Å². The third-order valence-electron chi connectivity index (χ3n) is 9.24. The van der Waals surface area contributed by atoms with Crippen molar-refractivity contribution in [3.8, 4) is 23.8 Å². The van der Waals surface area contributed by atoms with E-state index >= 15 is 0 Å². The van der Waals surface area contributed by atoms with Gasteiger partial charge in [-0.3, -0.25) is 24.3 Å². The minimum absolute atomic E-state index is 0.0223. The van der Waals surface area contributed by atoms with Crippen molar-refractivity contribution < 1.29 is 56.9 Å². The first-order valence-corrected chi connectivity index (χ1v) is 24.5. The number of furan rings is 1. The lowest BCUT2D eigenvalue weighted by Gasteiger charge is -2.31. The maximum Gasteiger partial charge on any atom is 0.442 e. The first kappa shape index (κ1) is 60.0. The molecule has 2 amide bonds. The van der Waals surface area contributed by atoms with Crippen LogP contribution in [0.25, 0.3) is 5.69 Å². The average molecular weight is 1070 g/mol. The zero-order chi connectivity index (χ0) is 51.7. The molecular weight excluding hydrogens is 1010 g/mol. The molecule has 5 rings (SSSR count). The number of benzene rings is 2. The largest absolute Gasteiger partial charge is 0.480 e. The Bertz CT molecular complexity index is 2430. The molecular formula is C44H57Cl5N5O13P. The summed E-state index contributed by atoms with van der Waals surface area (Å²) >= 11 is 29.1. The van der Waals surface area contributed by atoms with Gasteiger partial charge in [0.05, 0.1) is 59.7 Å². The van der Waals surface area contributed by atoms with Gasteiger partial charge in [0.2, 0.25) is 11.8 Å². The van der Waals surface area contributed by atoms with E-state index in [9.17, 15) is 23.7 Å². The molecule has 18 nitrogen and oxygen atoms in total. The molecule has 0 spiro atoms. The zero-order valence-corrected chi connectivity index (χ0v) is 43.6. The van der Waals surface area contributed by atoms with Gasteiger partial charge < -0.3 is 47.7 Å². The number of rotatable bonds is 15. The highest BCUT2D eigenvalue weighted by molar-refractivity contribution is 7.51. The number of carbonyl (C=O) groups is 3. The number of aryl methyl sites for hydroxylation is 2. The van der Waals surface area contributed by atoms with Crippen LogP contribution in [0.1, 0.15) is 77.3 Å². The SMILES string of the molecule is C#CCOc1cc(-n2nc(C(C)(C)C)oc2=O)c(Cl)cc1Cl.CC1(C)OC(c2ccco2)CN1C(=O)C(Cl)Cl.CCc1cccc(C)c1N(C(=O)CCl)C(C)COC.O=C(O)CNCP(=O)(O)O. The van der Waals surface area contributed by atoms with Gasteiger partial charge in [-0.2, -0.15) is 4.68 Å². The maximum absolute atomic E-state index is 12.2. The molecule has 2 aromatic heterocycles. The summed E-state index contributed by atoms with van der Waals surface area (Å²) in [5.41, 5.74) is 2.37. The second kappa shape index (κ2) is 27.3. The second-order valence-electron chi connectivity index (χ2n) is 16.2.